The Bertz CT molecular complexity index is 1490. The van der Waals surface area contributed by atoms with Crippen LogP contribution >= 0.6 is 0 Å². The molecule has 0 aliphatic carbocycles. The number of aromatic hydroxyl groups is 1. The molecule has 4 aromatic rings. The van der Waals surface area contributed by atoms with E-state index in [0.717, 1.165) is 6.20 Å². The van der Waals surface area contributed by atoms with Gasteiger partial charge in [0, 0.05) is 30.5 Å². The highest BCUT2D eigenvalue weighted by atomic mass is 19.1. The van der Waals surface area contributed by atoms with E-state index in [0.29, 0.717) is 73.4 Å². The minimum atomic E-state index is -0.644. The number of morpholine rings is 1. The van der Waals surface area contributed by atoms with E-state index in [2.05, 4.69) is 20.6 Å². The molecular weight excluding hydrogens is 485 g/mol. The van der Waals surface area contributed by atoms with Gasteiger partial charge < -0.3 is 39.3 Å². The van der Waals surface area contributed by atoms with Crippen LogP contribution in [0.4, 0.5) is 27.5 Å². The van der Waals surface area contributed by atoms with Crippen LogP contribution in [0.1, 0.15) is 10.6 Å². The Morgan fingerprint density at radius 3 is 2.57 bits per heavy atom. The molecule has 0 spiro atoms. The number of nitrogens with zero attached hydrogens (tertiary/aromatic N) is 3. The molecule has 2 aromatic carbocycles. The Hall–Kier alpha value is -4.58. The minimum Gasteiger partial charge on any atom is -0.504 e. The van der Waals surface area contributed by atoms with Gasteiger partial charge >= 0.3 is 0 Å². The number of furan rings is 1. The van der Waals surface area contributed by atoms with Gasteiger partial charge in [0.15, 0.2) is 28.9 Å². The average Bonchev–Trinajstić information content (AvgIpc) is 3.26. The van der Waals surface area contributed by atoms with Crippen LogP contribution in [0, 0.1) is 5.82 Å². The molecule has 1 fully saturated rings. The predicted octanol–water partition coefficient (Wildman–Crippen LogP) is 3.80. The van der Waals surface area contributed by atoms with Crippen LogP contribution in [-0.2, 0) is 4.74 Å². The van der Waals surface area contributed by atoms with Crippen molar-refractivity contribution in [1.82, 2.24) is 14.9 Å². The largest absolute Gasteiger partial charge is 0.504 e. The number of carbonyl (C=O) groups excluding carboxylic acids is 1. The van der Waals surface area contributed by atoms with Gasteiger partial charge in [-0.05, 0) is 30.3 Å². The van der Waals surface area contributed by atoms with Crippen LogP contribution in [-0.4, -0.2) is 65.4 Å². The summed E-state index contributed by atoms with van der Waals surface area (Å²) in [6.07, 6.45) is 1.04. The predicted molar refractivity (Wildman–Crippen MR) is 131 cm³/mol. The zero-order valence-electron chi connectivity index (χ0n) is 19.5. The molecule has 0 unspecified atom stereocenters. The molecule has 1 saturated heterocycles. The van der Waals surface area contributed by atoms with Gasteiger partial charge in [0.25, 0.3) is 5.91 Å². The number of benzene rings is 2. The molecule has 190 valence electrons. The maximum Gasteiger partial charge on any atom is 0.293 e. The summed E-state index contributed by atoms with van der Waals surface area (Å²) >= 11 is 0. The van der Waals surface area contributed by atoms with Gasteiger partial charge in [0.1, 0.15) is 18.8 Å². The Morgan fingerprint density at radius 2 is 1.73 bits per heavy atom. The fraction of sp³-hybridized carbons (Fsp3) is 0.240. The number of hydrogen-bond donors (Lipinski definition) is 3. The summed E-state index contributed by atoms with van der Waals surface area (Å²) in [4.78, 5) is 22.6. The fourth-order valence-electron chi connectivity index (χ4n) is 4.12. The molecule has 1 amide bonds. The van der Waals surface area contributed by atoms with E-state index < -0.39 is 11.7 Å². The third-order valence-electron chi connectivity index (χ3n) is 5.96. The standard InChI is InChI=1S/C25H22FN5O6/c26-17-13-27-25(30-23(17)28-15-2-4-19-20(12-15)36-10-9-35-19)29-14-1-3-18-16(11-14)21(32)22(37-18)24(33)31-5-7-34-8-6-31/h1-4,11-13,32H,5-10H2,(H2,27,28,29,30). The molecule has 2 aliphatic rings. The molecule has 4 heterocycles. The highest BCUT2D eigenvalue weighted by Gasteiger charge is 2.26. The molecule has 6 rings (SSSR count). The van der Waals surface area contributed by atoms with Crippen molar-refractivity contribution in [2.75, 3.05) is 50.2 Å². The number of fused-ring (bicyclic) bond motifs is 2. The van der Waals surface area contributed by atoms with Crippen molar-refractivity contribution in [3.8, 4) is 17.2 Å². The number of rotatable bonds is 5. The zero-order valence-corrected chi connectivity index (χ0v) is 19.5. The number of amides is 1. The number of ether oxygens (including phenoxy) is 3. The van der Waals surface area contributed by atoms with Gasteiger partial charge in [-0.2, -0.15) is 4.98 Å². The molecule has 0 saturated carbocycles. The van der Waals surface area contributed by atoms with E-state index in [1.165, 1.54) is 0 Å². The Morgan fingerprint density at radius 1 is 0.973 bits per heavy atom. The maximum absolute atomic E-state index is 14.5. The molecule has 2 aromatic heterocycles. The van der Waals surface area contributed by atoms with Gasteiger partial charge in [0.05, 0.1) is 24.8 Å². The summed E-state index contributed by atoms with van der Waals surface area (Å²) in [5.74, 6) is -0.168. The van der Waals surface area contributed by atoms with Crippen LogP contribution in [0.3, 0.4) is 0 Å². The molecule has 0 radical (unpaired) electrons. The number of nitrogens with one attached hydrogen (secondary N) is 2. The van der Waals surface area contributed by atoms with Crippen molar-refractivity contribution in [2.24, 2.45) is 0 Å². The van der Waals surface area contributed by atoms with E-state index in [1.54, 1.807) is 41.3 Å². The number of aromatic nitrogens is 2. The molecule has 3 N–H and O–H groups in total. The summed E-state index contributed by atoms with van der Waals surface area (Å²) in [5, 5.41) is 17.0. The average molecular weight is 507 g/mol. The van der Waals surface area contributed by atoms with Crippen LogP contribution < -0.4 is 20.1 Å². The molecule has 37 heavy (non-hydrogen) atoms. The number of hydrogen-bond acceptors (Lipinski definition) is 10. The van der Waals surface area contributed by atoms with Crippen molar-refractivity contribution in [1.29, 1.82) is 0 Å². The van der Waals surface area contributed by atoms with E-state index in [1.807, 2.05) is 0 Å². The molecule has 12 heteroatoms. The summed E-state index contributed by atoms with van der Waals surface area (Å²) in [6.45, 7) is 2.63. The lowest BCUT2D eigenvalue weighted by Crippen LogP contribution is -2.40. The van der Waals surface area contributed by atoms with Crippen LogP contribution in [0.2, 0.25) is 0 Å². The topological polar surface area (TPSA) is 131 Å². The summed E-state index contributed by atoms with van der Waals surface area (Å²) in [7, 11) is 0. The fourth-order valence-corrected chi connectivity index (χ4v) is 4.12. The Balaban J connectivity index is 1.22. The zero-order chi connectivity index (χ0) is 25.4. The van der Waals surface area contributed by atoms with E-state index in [9.17, 15) is 14.3 Å². The van der Waals surface area contributed by atoms with Crippen molar-refractivity contribution < 1.29 is 32.9 Å². The number of halogens is 1. The summed E-state index contributed by atoms with van der Waals surface area (Å²) in [6, 6.07) is 10.1. The summed E-state index contributed by atoms with van der Waals surface area (Å²) < 4.78 is 36.5. The van der Waals surface area contributed by atoms with Gasteiger partial charge in [-0.1, -0.05) is 0 Å². The smallest absolute Gasteiger partial charge is 0.293 e. The maximum atomic E-state index is 14.5. The quantitative estimate of drug-likeness (QED) is 0.367. The lowest BCUT2D eigenvalue weighted by molar-refractivity contribution is 0.0281. The highest BCUT2D eigenvalue weighted by molar-refractivity contribution is 6.02. The van der Waals surface area contributed by atoms with Crippen molar-refractivity contribution >= 4 is 40.0 Å². The monoisotopic (exact) mass is 507 g/mol. The SMILES string of the molecule is O=C(c1oc2ccc(Nc3ncc(F)c(Nc4ccc5c(c4)OCCO5)n3)cc2c1O)N1CCOCC1. The van der Waals surface area contributed by atoms with Gasteiger partial charge in [-0.3, -0.25) is 4.79 Å². The third kappa shape index (κ3) is 4.54. The lowest BCUT2D eigenvalue weighted by Gasteiger charge is -2.25. The number of anilines is 4. The van der Waals surface area contributed by atoms with Crippen LogP contribution in [0.5, 0.6) is 17.2 Å². The molecule has 2 aliphatic heterocycles. The summed E-state index contributed by atoms with van der Waals surface area (Å²) in [5.41, 5.74) is 1.42. The second-order valence-corrected chi connectivity index (χ2v) is 8.39. The molecule has 11 nitrogen and oxygen atoms in total. The van der Waals surface area contributed by atoms with Gasteiger partial charge in [-0.25, -0.2) is 9.37 Å². The normalized spacial score (nSPS) is 15.0. The lowest BCUT2D eigenvalue weighted by atomic mass is 10.2. The first-order valence-electron chi connectivity index (χ1n) is 11.6. The first kappa shape index (κ1) is 22.9. The molecule has 0 bridgehead atoms. The number of carbonyl (C=O) groups is 1. The molecule has 0 atom stereocenters. The van der Waals surface area contributed by atoms with Crippen molar-refractivity contribution in [3.05, 3.63) is 54.2 Å². The Kier molecular flexibility index (Phi) is 5.85. The van der Waals surface area contributed by atoms with Crippen LogP contribution in [0.25, 0.3) is 11.0 Å². The van der Waals surface area contributed by atoms with Crippen LogP contribution in [0.15, 0.2) is 47.0 Å². The first-order chi connectivity index (χ1) is 18.0. The first-order valence-corrected chi connectivity index (χ1v) is 11.6. The van der Waals surface area contributed by atoms with E-state index >= 15 is 0 Å². The molecular formula is C25H22FN5O6. The second-order valence-electron chi connectivity index (χ2n) is 8.39. The third-order valence-corrected chi connectivity index (χ3v) is 5.96. The van der Waals surface area contributed by atoms with Crippen molar-refractivity contribution in [3.63, 3.8) is 0 Å². The van der Waals surface area contributed by atoms with Crippen molar-refractivity contribution in [2.45, 2.75) is 0 Å². The van der Waals surface area contributed by atoms with E-state index in [4.69, 9.17) is 18.6 Å². The Labute approximate surface area is 209 Å². The van der Waals surface area contributed by atoms with Gasteiger partial charge in [-0.15, -0.1) is 0 Å². The highest BCUT2D eigenvalue weighted by Crippen LogP contribution is 2.36. The van der Waals surface area contributed by atoms with Gasteiger partial charge in [0.2, 0.25) is 11.7 Å². The second kappa shape index (κ2) is 9.47. The minimum absolute atomic E-state index is 0.0418. The van der Waals surface area contributed by atoms with E-state index in [-0.39, 0.29) is 23.3 Å².